The quantitative estimate of drug-likeness (QED) is 0.607. The topological polar surface area (TPSA) is 34.1 Å². The van der Waals surface area contributed by atoms with Crippen LogP contribution in [0, 0.1) is 0 Å². The van der Waals surface area contributed by atoms with Crippen LogP contribution in [0.2, 0.25) is 5.02 Å². The number of rotatable bonds is 5. The highest BCUT2D eigenvalue weighted by Crippen LogP contribution is 2.26. The molecule has 0 unspecified atom stereocenters. The zero-order valence-electron chi connectivity index (χ0n) is 12.2. The van der Waals surface area contributed by atoms with Crippen molar-refractivity contribution in [1.82, 2.24) is 4.98 Å². The molecule has 5 heteroatoms. The van der Waals surface area contributed by atoms with Crippen LogP contribution in [-0.4, -0.2) is 4.98 Å². The lowest BCUT2D eigenvalue weighted by Crippen LogP contribution is -2.00. The molecule has 3 nitrogen and oxygen atoms in total. The Bertz CT molecular complexity index is 796. The second-order valence-corrected chi connectivity index (χ2v) is 5.86. The Balaban J connectivity index is 1.73. The van der Waals surface area contributed by atoms with Crippen molar-refractivity contribution in [3.8, 4) is 11.5 Å². The van der Waals surface area contributed by atoms with Crippen LogP contribution in [-0.2, 0) is 6.54 Å². The van der Waals surface area contributed by atoms with Crippen LogP contribution < -0.4 is 10.1 Å². The van der Waals surface area contributed by atoms with Gasteiger partial charge in [-0.15, -0.1) is 12.6 Å². The monoisotopic (exact) mass is 342 g/mol. The third-order valence-electron chi connectivity index (χ3n) is 3.23. The number of aromatic nitrogens is 1. The van der Waals surface area contributed by atoms with Crippen molar-refractivity contribution in [3.05, 3.63) is 77.6 Å². The van der Waals surface area contributed by atoms with Crippen LogP contribution in [0.3, 0.4) is 0 Å². The first kappa shape index (κ1) is 15.7. The lowest BCUT2D eigenvalue weighted by Gasteiger charge is -2.11. The summed E-state index contributed by atoms with van der Waals surface area (Å²) in [6.45, 7) is 0.628. The van der Waals surface area contributed by atoms with E-state index in [0.717, 1.165) is 21.9 Å². The molecule has 0 radical (unpaired) electrons. The van der Waals surface area contributed by atoms with Crippen LogP contribution in [0.25, 0.3) is 0 Å². The molecule has 1 N–H and O–H groups in total. The van der Waals surface area contributed by atoms with Gasteiger partial charge in [0.05, 0.1) is 6.20 Å². The summed E-state index contributed by atoms with van der Waals surface area (Å²) in [4.78, 5) is 4.94. The zero-order valence-corrected chi connectivity index (χ0v) is 13.9. The maximum atomic E-state index is 5.99. The first-order valence-electron chi connectivity index (χ1n) is 7.10. The van der Waals surface area contributed by atoms with Crippen LogP contribution in [0.5, 0.6) is 11.5 Å². The second kappa shape index (κ2) is 7.40. The predicted molar refractivity (Wildman–Crippen MR) is 96.8 cm³/mol. The van der Waals surface area contributed by atoms with Crippen LogP contribution in [0.15, 0.2) is 71.9 Å². The Morgan fingerprint density at radius 2 is 1.96 bits per heavy atom. The smallest absolute Gasteiger partial charge is 0.145 e. The number of hydrogen-bond acceptors (Lipinski definition) is 4. The Hall–Kier alpha value is -2.17. The van der Waals surface area contributed by atoms with Crippen LogP contribution >= 0.6 is 24.2 Å². The third kappa shape index (κ3) is 4.41. The summed E-state index contributed by atoms with van der Waals surface area (Å²) in [5.41, 5.74) is 2.00. The van der Waals surface area contributed by atoms with E-state index in [1.165, 1.54) is 0 Å². The van der Waals surface area contributed by atoms with E-state index >= 15 is 0 Å². The van der Waals surface area contributed by atoms with Gasteiger partial charge >= 0.3 is 0 Å². The largest absolute Gasteiger partial charge is 0.456 e. The van der Waals surface area contributed by atoms with Gasteiger partial charge in [0, 0.05) is 28.3 Å². The summed E-state index contributed by atoms with van der Waals surface area (Å²) < 4.78 is 5.80. The minimum Gasteiger partial charge on any atom is -0.456 e. The number of nitrogens with zero attached hydrogens (tertiary/aromatic N) is 1. The van der Waals surface area contributed by atoms with E-state index in [0.29, 0.717) is 17.3 Å². The van der Waals surface area contributed by atoms with Crippen molar-refractivity contribution in [2.24, 2.45) is 0 Å². The fourth-order valence-corrected chi connectivity index (χ4v) is 2.51. The Morgan fingerprint density at radius 1 is 1.04 bits per heavy atom. The number of halogens is 1. The number of nitrogens with one attached hydrogen (secondary N) is 1. The van der Waals surface area contributed by atoms with Crippen molar-refractivity contribution in [3.63, 3.8) is 0 Å². The van der Waals surface area contributed by atoms with Gasteiger partial charge < -0.3 is 10.1 Å². The molecule has 0 amide bonds. The highest BCUT2D eigenvalue weighted by molar-refractivity contribution is 7.80. The molecule has 0 atom stereocenters. The Morgan fingerprint density at radius 3 is 2.74 bits per heavy atom. The fraction of sp³-hybridized carbons (Fsp3) is 0.0556. The highest BCUT2D eigenvalue weighted by Gasteiger charge is 2.04. The molecule has 2 aromatic carbocycles. The van der Waals surface area contributed by atoms with E-state index in [1.54, 1.807) is 12.4 Å². The van der Waals surface area contributed by atoms with Gasteiger partial charge in [0.2, 0.25) is 0 Å². The van der Waals surface area contributed by atoms with Gasteiger partial charge in [0.25, 0.3) is 0 Å². The molecule has 116 valence electrons. The fourth-order valence-electron chi connectivity index (χ4n) is 2.11. The van der Waals surface area contributed by atoms with E-state index < -0.39 is 0 Å². The summed E-state index contributed by atoms with van der Waals surface area (Å²) in [6.07, 6.45) is 3.39. The zero-order chi connectivity index (χ0) is 16.1. The van der Waals surface area contributed by atoms with Crippen molar-refractivity contribution in [2.75, 3.05) is 5.32 Å². The average Bonchev–Trinajstić information content (AvgIpc) is 2.56. The van der Waals surface area contributed by atoms with Gasteiger partial charge in [-0.3, -0.25) is 4.98 Å². The Kier molecular flexibility index (Phi) is 5.05. The van der Waals surface area contributed by atoms with E-state index in [2.05, 4.69) is 22.9 Å². The number of thiol groups is 1. The van der Waals surface area contributed by atoms with Gasteiger partial charge in [-0.1, -0.05) is 17.7 Å². The highest BCUT2D eigenvalue weighted by atomic mass is 35.5. The molecule has 0 fully saturated rings. The lowest BCUT2D eigenvalue weighted by atomic mass is 10.2. The molecule has 1 aromatic heterocycles. The molecule has 0 aliphatic rings. The Labute approximate surface area is 145 Å². The molecule has 23 heavy (non-hydrogen) atoms. The van der Waals surface area contributed by atoms with E-state index in [1.807, 2.05) is 54.6 Å². The summed E-state index contributed by atoms with van der Waals surface area (Å²) in [5.74, 6) is 1.45. The van der Waals surface area contributed by atoms with Gasteiger partial charge in [-0.25, -0.2) is 0 Å². The average molecular weight is 343 g/mol. The molecule has 1 heterocycles. The lowest BCUT2D eigenvalue weighted by molar-refractivity contribution is 0.479. The molecule has 0 aliphatic carbocycles. The van der Waals surface area contributed by atoms with Crippen LogP contribution in [0.1, 0.15) is 5.56 Å². The minimum absolute atomic E-state index is 0.628. The van der Waals surface area contributed by atoms with Crippen molar-refractivity contribution < 1.29 is 4.74 Å². The molecule has 0 saturated carbocycles. The van der Waals surface area contributed by atoms with Crippen molar-refractivity contribution in [2.45, 2.75) is 11.4 Å². The van der Waals surface area contributed by atoms with E-state index in [9.17, 15) is 0 Å². The summed E-state index contributed by atoms with van der Waals surface area (Å²) in [6, 6.07) is 17.1. The number of ether oxygens (including phenoxy) is 1. The van der Waals surface area contributed by atoms with E-state index in [-0.39, 0.29) is 0 Å². The maximum absolute atomic E-state index is 5.99. The normalized spacial score (nSPS) is 10.3. The molecule has 0 saturated heterocycles. The molecule has 3 aromatic rings. The van der Waals surface area contributed by atoms with Crippen LogP contribution in [0.4, 0.5) is 5.69 Å². The number of pyridine rings is 1. The van der Waals surface area contributed by atoms with Crippen molar-refractivity contribution >= 4 is 29.9 Å². The molecular formula is C18H15ClN2OS. The SMILES string of the molecule is Sc1ccc(Oc2cccnc2)cc1CNc1cccc(Cl)c1. The maximum Gasteiger partial charge on any atom is 0.145 e. The van der Waals surface area contributed by atoms with E-state index in [4.69, 9.17) is 16.3 Å². The molecule has 0 spiro atoms. The van der Waals surface area contributed by atoms with Gasteiger partial charge in [0.15, 0.2) is 0 Å². The molecule has 3 rings (SSSR count). The first-order valence-corrected chi connectivity index (χ1v) is 7.92. The van der Waals surface area contributed by atoms with Crippen molar-refractivity contribution in [1.29, 1.82) is 0 Å². The number of benzene rings is 2. The summed E-state index contributed by atoms with van der Waals surface area (Å²) in [5, 5.41) is 4.04. The predicted octanol–water partition coefficient (Wildman–Crippen LogP) is 5.43. The van der Waals surface area contributed by atoms with Gasteiger partial charge in [-0.2, -0.15) is 0 Å². The first-order chi connectivity index (χ1) is 11.2. The minimum atomic E-state index is 0.628. The third-order valence-corrected chi connectivity index (χ3v) is 3.90. The second-order valence-electron chi connectivity index (χ2n) is 4.95. The number of anilines is 1. The molecular weight excluding hydrogens is 328 g/mol. The molecule has 0 aliphatic heterocycles. The summed E-state index contributed by atoms with van der Waals surface area (Å²) >= 11 is 10.5. The standard InChI is InChI=1S/C18H15ClN2OS/c19-14-3-1-4-15(10-14)21-11-13-9-16(6-7-18(13)23)22-17-5-2-8-20-12-17/h1-10,12,21,23H,11H2. The van der Waals surface area contributed by atoms with Gasteiger partial charge in [0.1, 0.15) is 11.5 Å². The van der Waals surface area contributed by atoms with Gasteiger partial charge in [-0.05, 0) is 54.1 Å². The summed E-state index contributed by atoms with van der Waals surface area (Å²) in [7, 11) is 0. The molecule has 0 bridgehead atoms. The number of hydrogen-bond donors (Lipinski definition) is 2.